The SMILES string of the molecule is COc1ccc(CCC(=O)c2ccc(Br)c(Cl)c2F)cc1. The summed E-state index contributed by atoms with van der Waals surface area (Å²) in [7, 11) is 1.60. The number of halogens is 3. The Bertz CT molecular complexity index is 656. The second kappa shape index (κ2) is 7.05. The molecule has 0 unspecified atom stereocenters. The van der Waals surface area contributed by atoms with Crippen molar-refractivity contribution in [3.63, 3.8) is 0 Å². The van der Waals surface area contributed by atoms with Crippen molar-refractivity contribution in [1.29, 1.82) is 0 Å². The number of carbonyl (C=O) groups is 1. The predicted octanol–water partition coefficient (Wildman–Crippen LogP) is 5.07. The molecule has 21 heavy (non-hydrogen) atoms. The zero-order valence-corrected chi connectivity index (χ0v) is 13.7. The van der Waals surface area contributed by atoms with E-state index in [4.69, 9.17) is 16.3 Å². The van der Waals surface area contributed by atoms with Crippen molar-refractivity contribution in [2.75, 3.05) is 7.11 Å². The topological polar surface area (TPSA) is 26.3 Å². The van der Waals surface area contributed by atoms with Crippen molar-refractivity contribution in [2.45, 2.75) is 12.8 Å². The molecule has 0 fully saturated rings. The minimum absolute atomic E-state index is 0.0247. The van der Waals surface area contributed by atoms with Gasteiger partial charge in [-0.3, -0.25) is 4.79 Å². The van der Waals surface area contributed by atoms with Gasteiger partial charge < -0.3 is 4.74 Å². The second-order valence-corrected chi connectivity index (χ2v) is 5.73. The molecule has 2 rings (SSSR count). The van der Waals surface area contributed by atoms with Crippen molar-refractivity contribution in [2.24, 2.45) is 0 Å². The molecule has 0 aromatic heterocycles. The molecule has 0 amide bonds. The molecule has 0 saturated heterocycles. The third kappa shape index (κ3) is 3.83. The van der Waals surface area contributed by atoms with Gasteiger partial charge in [0.2, 0.25) is 0 Å². The van der Waals surface area contributed by atoms with E-state index in [1.54, 1.807) is 13.2 Å². The lowest BCUT2D eigenvalue weighted by Crippen LogP contribution is -2.04. The number of ether oxygens (including phenoxy) is 1. The van der Waals surface area contributed by atoms with Gasteiger partial charge in [-0.05, 0) is 52.2 Å². The Morgan fingerprint density at radius 3 is 2.52 bits per heavy atom. The van der Waals surface area contributed by atoms with E-state index in [1.807, 2.05) is 24.3 Å². The Morgan fingerprint density at radius 2 is 1.90 bits per heavy atom. The fourth-order valence-electron chi connectivity index (χ4n) is 1.93. The van der Waals surface area contributed by atoms with Gasteiger partial charge in [0.05, 0.1) is 17.7 Å². The van der Waals surface area contributed by atoms with Crippen molar-refractivity contribution in [3.05, 3.63) is 62.8 Å². The van der Waals surface area contributed by atoms with Crippen LogP contribution in [0.5, 0.6) is 5.75 Å². The maximum Gasteiger partial charge on any atom is 0.166 e. The summed E-state index contributed by atoms with van der Waals surface area (Å²) < 4.78 is 19.4. The molecule has 5 heteroatoms. The largest absolute Gasteiger partial charge is 0.497 e. The molecule has 110 valence electrons. The van der Waals surface area contributed by atoms with E-state index in [0.717, 1.165) is 11.3 Å². The number of Topliss-reactive ketones (excluding diaryl/α,β-unsaturated/α-hetero) is 1. The molecule has 2 aromatic rings. The van der Waals surface area contributed by atoms with E-state index >= 15 is 0 Å². The number of rotatable bonds is 5. The molecular formula is C16H13BrClFO2. The Labute approximate surface area is 136 Å². The number of aryl methyl sites for hydroxylation is 1. The lowest BCUT2D eigenvalue weighted by Gasteiger charge is -2.06. The molecule has 0 heterocycles. The smallest absolute Gasteiger partial charge is 0.166 e. The second-order valence-electron chi connectivity index (χ2n) is 4.49. The first-order valence-electron chi connectivity index (χ1n) is 6.32. The molecule has 0 aliphatic carbocycles. The highest BCUT2D eigenvalue weighted by atomic mass is 79.9. The van der Waals surface area contributed by atoms with Gasteiger partial charge in [0.15, 0.2) is 11.6 Å². The Morgan fingerprint density at radius 1 is 1.24 bits per heavy atom. The van der Waals surface area contributed by atoms with Crippen LogP contribution in [0.3, 0.4) is 0 Å². The van der Waals surface area contributed by atoms with Crippen molar-refractivity contribution >= 4 is 33.3 Å². The first-order valence-corrected chi connectivity index (χ1v) is 7.49. The van der Waals surface area contributed by atoms with Gasteiger partial charge in [0.25, 0.3) is 0 Å². The summed E-state index contributed by atoms with van der Waals surface area (Å²) in [5.74, 6) is -0.181. The Balaban J connectivity index is 2.06. The van der Waals surface area contributed by atoms with Gasteiger partial charge in [-0.2, -0.15) is 0 Å². The quantitative estimate of drug-likeness (QED) is 0.542. The maximum absolute atomic E-state index is 13.9. The molecule has 0 radical (unpaired) electrons. The minimum Gasteiger partial charge on any atom is -0.497 e. The summed E-state index contributed by atoms with van der Waals surface area (Å²) in [6.45, 7) is 0. The highest BCUT2D eigenvalue weighted by Crippen LogP contribution is 2.28. The lowest BCUT2D eigenvalue weighted by molar-refractivity contribution is 0.0979. The molecule has 0 atom stereocenters. The van der Waals surface area contributed by atoms with Crippen LogP contribution in [0.1, 0.15) is 22.3 Å². The van der Waals surface area contributed by atoms with Gasteiger partial charge in [-0.1, -0.05) is 23.7 Å². The molecule has 0 aliphatic rings. The molecule has 0 bridgehead atoms. The van der Waals surface area contributed by atoms with E-state index in [2.05, 4.69) is 15.9 Å². The summed E-state index contributed by atoms with van der Waals surface area (Å²) >= 11 is 8.91. The van der Waals surface area contributed by atoms with Crippen LogP contribution in [0.2, 0.25) is 5.02 Å². The Hall–Kier alpha value is -1.39. The monoisotopic (exact) mass is 370 g/mol. The number of benzene rings is 2. The van der Waals surface area contributed by atoms with Gasteiger partial charge in [-0.25, -0.2) is 4.39 Å². The zero-order valence-electron chi connectivity index (χ0n) is 11.3. The van der Waals surface area contributed by atoms with Crippen LogP contribution in [0.15, 0.2) is 40.9 Å². The molecule has 2 aromatic carbocycles. The molecule has 0 N–H and O–H groups in total. The Kier molecular flexibility index (Phi) is 5.37. The van der Waals surface area contributed by atoms with Crippen LogP contribution in [0.4, 0.5) is 4.39 Å². The van der Waals surface area contributed by atoms with Crippen LogP contribution < -0.4 is 4.74 Å². The third-order valence-electron chi connectivity index (χ3n) is 3.14. The summed E-state index contributed by atoms with van der Waals surface area (Å²) in [5, 5.41) is -0.0645. The average Bonchev–Trinajstić information content (AvgIpc) is 2.51. The summed E-state index contributed by atoms with van der Waals surface area (Å²) in [6, 6.07) is 10.5. The number of hydrogen-bond donors (Lipinski definition) is 0. The number of methoxy groups -OCH3 is 1. The zero-order chi connectivity index (χ0) is 15.4. The van der Waals surface area contributed by atoms with Crippen molar-refractivity contribution in [3.8, 4) is 5.75 Å². The molecular weight excluding hydrogens is 359 g/mol. The van der Waals surface area contributed by atoms with Gasteiger partial charge >= 0.3 is 0 Å². The first-order chi connectivity index (χ1) is 10.0. The summed E-state index contributed by atoms with van der Waals surface area (Å²) in [5.41, 5.74) is 1.02. The average molecular weight is 372 g/mol. The van der Waals surface area contributed by atoms with Crippen LogP contribution >= 0.6 is 27.5 Å². The van der Waals surface area contributed by atoms with Crippen molar-refractivity contribution < 1.29 is 13.9 Å². The number of carbonyl (C=O) groups excluding carboxylic acids is 1. The van der Waals surface area contributed by atoms with Crippen LogP contribution in [-0.2, 0) is 6.42 Å². The molecule has 0 aliphatic heterocycles. The number of hydrogen-bond acceptors (Lipinski definition) is 2. The predicted molar refractivity (Wildman–Crippen MR) is 84.8 cm³/mol. The highest BCUT2D eigenvalue weighted by molar-refractivity contribution is 9.10. The molecule has 0 saturated carbocycles. The highest BCUT2D eigenvalue weighted by Gasteiger charge is 2.16. The maximum atomic E-state index is 13.9. The van der Waals surface area contributed by atoms with Crippen LogP contribution in [0.25, 0.3) is 0 Å². The fourth-order valence-corrected chi connectivity index (χ4v) is 2.40. The van der Waals surface area contributed by atoms with Crippen molar-refractivity contribution in [1.82, 2.24) is 0 Å². The summed E-state index contributed by atoms with van der Waals surface area (Å²) in [6.07, 6.45) is 0.761. The van der Waals surface area contributed by atoms with E-state index in [9.17, 15) is 9.18 Å². The van der Waals surface area contributed by atoms with E-state index in [1.165, 1.54) is 6.07 Å². The lowest BCUT2D eigenvalue weighted by atomic mass is 10.0. The van der Waals surface area contributed by atoms with E-state index < -0.39 is 5.82 Å². The van der Waals surface area contributed by atoms with E-state index in [-0.39, 0.29) is 22.8 Å². The van der Waals surface area contributed by atoms with E-state index in [0.29, 0.717) is 10.9 Å². The summed E-state index contributed by atoms with van der Waals surface area (Å²) in [4.78, 5) is 12.1. The molecule has 0 spiro atoms. The number of ketones is 1. The van der Waals surface area contributed by atoms with Gasteiger partial charge in [0.1, 0.15) is 5.75 Å². The van der Waals surface area contributed by atoms with Gasteiger partial charge in [-0.15, -0.1) is 0 Å². The first kappa shape index (κ1) is 16.0. The van der Waals surface area contributed by atoms with Gasteiger partial charge in [0, 0.05) is 10.9 Å². The third-order valence-corrected chi connectivity index (χ3v) is 4.39. The van der Waals surface area contributed by atoms with Crippen LogP contribution in [0, 0.1) is 5.82 Å². The van der Waals surface area contributed by atoms with Crippen LogP contribution in [-0.4, -0.2) is 12.9 Å². The molecule has 2 nitrogen and oxygen atoms in total. The standard InChI is InChI=1S/C16H13BrClFO2/c1-21-11-5-2-10(3-6-11)4-9-14(20)12-7-8-13(17)15(18)16(12)19/h2-3,5-8H,4,9H2,1H3. The fraction of sp³-hybridized carbons (Fsp3) is 0.188. The normalized spacial score (nSPS) is 10.5. The minimum atomic E-state index is -0.675.